The van der Waals surface area contributed by atoms with Gasteiger partial charge in [0.1, 0.15) is 11.4 Å². The second kappa shape index (κ2) is 5.51. The van der Waals surface area contributed by atoms with Crippen molar-refractivity contribution in [3.63, 3.8) is 0 Å². The monoisotopic (exact) mass is 332 g/mol. The van der Waals surface area contributed by atoms with Crippen LogP contribution < -0.4 is 9.03 Å². The van der Waals surface area contributed by atoms with Gasteiger partial charge in [-0.2, -0.15) is 8.42 Å². The molecule has 0 saturated heterocycles. The number of nitrogens with zero attached hydrogens (tertiary/aromatic N) is 1. The molecule has 0 spiro atoms. The van der Waals surface area contributed by atoms with Gasteiger partial charge in [0.2, 0.25) is 5.88 Å². The summed E-state index contributed by atoms with van der Waals surface area (Å²) < 4.78 is 26.4. The Balaban J connectivity index is 1.92. The second-order valence-electron chi connectivity index (χ2n) is 5.34. The van der Waals surface area contributed by atoms with Gasteiger partial charge in [-0.25, -0.2) is 9.03 Å². The summed E-state index contributed by atoms with van der Waals surface area (Å²) in [5, 5.41) is 19.5. The highest BCUT2D eigenvalue weighted by atomic mass is 32.2. The van der Waals surface area contributed by atoms with Crippen LogP contribution in [-0.4, -0.2) is 18.6 Å². The SMILES string of the molecule is Cc1ccccc1Cc1ccc(N2C=C(O)NS2(=O)=O)c(O)c1. The van der Waals surface area contributed by atoms with Crippen LogP contribution in [0.3, 0.4) is 0 Å². The van der Waals surface area contributed by atoms with E-state index in [-0.39, 0.29) is 11.4 Å². The highest BCUT2D eigenvalue weighted by Gasteiger charge is 2.30. The molecule has 0 amide bonds. The van der Waals surface area contributed by atoms with Crippen LogP contribution in [0, 0.1) is 6.92 Å². The molecule has 1 aliphatic heterocycles. The molecule has 120 valence electrons. The summed E-state index contributed by atoms with van der Waals surface area (Å²) >= 11 is 0. The number of phenolic OH excluding ortho intramolecular Hbond substituents is 1. The number of aliphatic hydroxyl groups excluding tert-OH is 1. The molecular weight excluding hydrogens is 316 g/mol. The van der Waals surface area contributed by atoms with Crippen LogP contribution in [0.1, 0.15) is 16.7 Å². The van der Waals surface area contributed by atoms with Crippen LogP contribution >= 0.6 is 0 Å². The topological polar surface area (TPSA) is 89.9 Å². The summed E-state index contributed by atoms with van der Waals surface area (Å²) in [6.07, 6.45) is 1.64. The maximum atomic E-state index is 11.8. The Labute approximate surface area is 134 Å². The molecule has 7 heteroatoms. The molecule has 0 unspecified atom stereocenters. The normalized spacial score (nSPS) is 16.0. The van der Waals surface area contributed by atoms with E-state index in [9.17, 15) is 18.6 Å². The Kier molecular flexibility index (Phi) is 3.65. The molecule has 0 atom stereocenters. The Bertz CT molecular complexity index is 891. The molecular formula is C16H16N2O4S. The van der Waals surface area contributed by atoms with Crippen LogP contribution in [0.15, 0.2) is 54.5 Å². The first-order chi connectivity index (χ1) is 10.9. The van der Waals surface area contributed by atoms with Gasteiger partial charge in [-0.3, -0.25) is 0 Å². The Morgan fingerprint density at radius 3 is 2.48 bits per heavy atom. The number of aliphatic hydroxyl groups is 1. The van der Waals surface area contributed by atoms with E-state index in [0.717, 1.165) is 27.2 Å². The minimum atomic E-state index is -3.91. The lowest BCUT2D eigenvalue weighted by Gasteiger charge is -2.16. The molecule has 2 aromatic carbocycles. The number of nitrogens with one attached hydrogen (secondary N) is 1. The molecule has 0 saturated carbocycles. The maximum absolute atomic E-state index is 11.8. The van der Waals surface area contributed by atoms with E-state index in [0.29, 0.717) is 6.42 Å². The van der Waals surface area contributed by atoms with Crippen molar-refractivity contribution >= 4 is 15.9 Å². The zero-order valence-corrected chi connectivity index (χ0v) is 13.2. The van der Waals surface area contributed by atoms with E-state index >= 15 is 0 Å². The fourth-order valence-corrected chi connectivity index (χ4v) is 3.55. The van der Waals surface area contributed by atoms with Gasteiger partial charge in [0.05, 0.1) is 6.20 Å². The van der Waals surface area contributed by atoms with Gasteiger partial charge >= 0.3 is 10.2 Å². The van der Waals surface area contributed by atoms with Gasteiger partial charge in [-0.15, -0.1) is 0 Å². The largest absolute Gasteiger partial charge is 0.506 e. The van der Waals surface area contributed by atoms with Gasteiger partial charge < -0.3 is 10.2 Å². The van der Waals surface area contributed by atoms with E-state index < -0.39 is 16.1 Å². The third-order valence-corrected chi connectivity index (χ3v) is 4.95. The Morgan fingerprint density at radius 2 is 1.87 bits per heavy atom. The van der Waals surface area contributed by atoms with Crippen molar-refractivity contribution < 1.29 is 18.6 Å². The first kappa shape index (κ1) is 15.2. The predicted octanol–water partition coefficient (Wildman–Crippen LogP) is 2.30. The smallest absolute Gasteiger partial charge is 0.330 e. The molecule has 1 aliphatic rings. The zero-order valence-electron chi connectivity index (χ0n) is 12.4. The first-order valence-electron chi connectivity index (χ1n) is 6.96. The summed E-state index contributed by atoms with van der Waals surface area (Å²) in [4.78, 5) is 0. The van der Waals surface area contributed by atoms with Crippen molar-refractivity contribution in [3.8, 4) is 5.75 Å². The van der Waals surface area contributed by atoms with Crippen molar-refractivity contribution in [2.45, 2.75) is 13.3 Å². The molecule has 0 aliphatic carbocycles. The zero-order chi connectivity index (χ0) is 16.6. The molecule has 3 rings (SSSR count). The van der Waals surface area contributed by atoms with Crippen molar-refractivity contribution in [1.82, 2.24) is 4.72 Å². The Morgan fingerprint density at radius 1 is 1.13 bits per heavy atom. The van der Waals surface area contributed by atoms with Gasteiger partial charge in [0.25, 0.3) is 0 Å². The van der Waals surface area contributed by atoms with Crippen LogP contribution in [0.5, 0.6) is 5.75 Å². The molecule has 6 nitrogen and oxygen atoms in total. The Hall–Kier alpha value is -2.67. The van der Waals surface area contributed by atoms with E-state index in [2.05, 4.69) is 0 Å². The van der Waals surface area contributed by atoms with Crippen molar-refractivity contribution in [2.24, 2.45) is 0 Å². The summed E-state index contributed by atoms with van der Waals surface area (Å²) in [6, 6.07) is 12.7. The number of benzene rings is 2. The molecule has 0 fully saturated rings. The molecule has 0 aromatic heterocycles. The lowest BCUT2D eigenvalue weighted by atomic mass is 10.0. The van der Waals surface area contributed by atoms with Gasteiger partial charge in [0, 0.05) is 0 Å². The predicted molar refractivity (Wildman–Crippen MR) is 87.3 cm³/mol. The van der Waals surface area contributed by atoms with E-state index in [1.807, 2.05) is 35.9 Å². The van der Waals surface area contributed by atoms with Crippen LogP contribution in [0.4, 0.5) is 5.69 Å². The second-order valence-corrected chi connectivity index (χ2v) is 6.89. The van der Waals surface area contributed by atoms with E-state index in [1.54, 1.807) is 6.07 Å². The molecule has 23 heavy (non-hydrogen) atoms. The average Bonchev–Trinajstić information content (AvgIpc) is 2.74. The molecule has 3 N–H and O–H groups in total. The highest BCUT2D eigenvalue weighted by Crippen LogP contribution is 2.33. The number of hydrogen-bond donors (Lipinski definition) is 3. The maximum Gasteiger partial charge on any atom is 0.330 e. The fraction of sp³-hybridized carbons (Fsp3) is 0.125. The number of aromatic hydroxyl groups is 1. The van der Waals surface area contributed by atoms with Crippen LogP contribution in [0.2, 0.25) is 0 Å². The summed E-state index contributed by atoms with van der Waals surface area (Å²) in [7, 11) is -3.91. The minimum absolute atomic E-state index is 0.0788. The number of anilines is 1. The summed E-state index contributed by atoms with van der Waals surface area (Å²) in [6.45, 7) is 2.01. The third-order valence-electron chi connectivity index (χ3n) is 3.67. The van der Waals surface area contributed by atoms with Gasteiger partial charge in [-0.1, -0.05) is 30.3 Å². The van der Waals surface area contributed by atoms with Crippen LogP contribution in [0.25, 0.3) is 0 Å². The van der Waals surface area contributed by atoms with Gasteiger partial charge in [0.15, 0.2) is 0 Å². The summed E-state index contributed by atoms with van der Waals surface area (Å²) in [5.74, 6) is -0.666. The average molecular weight is 332 g/mol. The first-order valence-corrected chi connectivity index (χ1v) is 8.40. The van der Waals surface area contributed by atoms with Crippen molar-refractivity contribution in [1.29, 1.82) is 0 Å². The number of phenols is 1. The lowest BCUT2D eigenvalue weighted by Crippen LogP contribution is -2.29. The quantitative estimate of drug-likeness (QED) is 0.804. The number of rotatable bonds is 3. The fourth-order valence-electron chi connectivity index (χ4n) is 2.48. The number of hydrogen-bond acceptors (Lipinski definition) is 4. The molecule has 2 aromatic rings. The van der Waals surface area contributed by atoms with E-state index in [1.165, 1.54) is 12.1 Å². The molecule has 0 bridgehead atoms. The van der Waals surface area contributed by atoms with Crippen molar-refractivity contribution in [3.05, 3.63) is 71.2 Å². The minimum Gasteiger partial charge on any atom is -0.506 e. The molecule has 1 heterocycles. The van der Waals surface area contributed by atoms with Crippen molar-refractivity contribution in [2.75, 3.05) is 4.31 Å². The van der Waals surface area contributed by atoms with E-state index in [4.69, 9.17) is 0 Å². The highest BCUT2D eigenvalue weighted by molar-refractivity contribution is 7.91. The van der Waals surface area contributed by atoms with Gasteiger partial charge in [-0.05, 0) is 42.2 Å². The summed E-state index contributed by atoms with van der Waals surface area (Å²) in [5.41, 5.74) is 3.22. The lowest BCUT2D eigenvalue weighted by molar-refractivity contribution is 0.392. The van der Waals surface area contributed by atoms with Crippen LogP contribution in [-0.2, 0) is 16.6 Å². The standard InChI is InChI=1S/C16H16N2O4S/c1-11-4-2-3-5-13(11)8-12-6-7-14(15(19)9-12)18-10-16(20)17-23(18,21)22/h2-7,9-10,17,19-20H,8H2,1H3. The third kappa shape index (κ3) is 2.95. The molecule has 0 radical (unpaired) electrons. The number of aryl methyl sites for hydroxylation is 1.